The lowest BCUT2D eigenvalue weighted by molar-refractivity contribution is -0.113. The van der Waals surface area contributed by atoms with Gasteiger partial charge in [0.15, 0.2) is 17.1 Å². The second kappa shape index (κ2) is 9.66. The second-order valence-electron chi connectivity index (χ2n) is 7.06. The molecule has 6 nitrogen and oxygen atoms in total. The van der Waals surface area contributed by atoms with Crippen molar-refractivity contribution in [3.8, 4) is 5.75 Å². The molecule has 7 heteroatoms. The molecule has 0 spiro atoms. The average Bonchev–Trinajstić information content (AvgIpc) is 3.21. The molecule has 158 valence electrons. The van der Waals surface area contributed by atoms with Gasteiger partial charge in [-0.05, 0) is 48.9 Å². The summed E-state index contributed by atoms with van der Waals surface area (Å²) >= 11 is 1.37. The van der Waals surface area contributed by atoms with E-state index in [1.807, 2.05) is 85.1 Å². The van der Waals surface area contributed by atoms with Gasteiger partial charge in [-0.25, -0.2) is 0 Å². The highest BCUT2D eigenvalue weighted by molar-refractivity contribution is 7.99. The molecular weight excluding hydrogens is 408 g/mol. The van der Waals surface area contributed by atoms with Crippen LogP contribution < -0.4 is 10.1 Å². The fourth-order valence-electron chi connectivity index (χ4n) is 3.35. The van der Waals surface area contributed by atoms with Crippen LogP contribution in [0.25, 0.3) is 10.8 Å². The summed E-state index contributed by atoms with van der Waals surface area (Å²) in [6, 6.07) is 23.6. The molecule has 1 N–H and O–H groups in total. The van der Waals surface area contributed by atoms with Crippen LogP contribution in [0.2, 0.25) is 0 Å². The zero-order valence-electron chi connectivity index (χ0n) is 17.5. The molecule has 0 unspecified atom stereocenters. The van der Waals surface area contributed by atoms with Crippen LogP contribution in [0, 0.1) is 0 Å². The lowest BCUT2D eigenvalue weighted by Crippen LogP contribution is -2.15. The van der Waals surface area contributed by atoms with Crippen molar-refractivity contribution >= 4 is 34.1 Å². The molecule has 31 heavy (non-hydrogen) atoms. The van der Waals surface area contributed by atoms with Gasteiger partial charge >= 0.3 is 0 Å². The maximum absolute atomic E-state index is 12.5. The second-order valence-corrected chi connectivity index (χ2v) is 8.00. The molecule has 3 aromatic carbocycles. The summed E-state index contributed by atoms with van der Waals surface area (Å²) in [5.41, 5.74) is 0.784. The zero-order chi connectivity index (χ0) is 21.6. The smallest absolute Gasteiger partial charge is 0.234 e. The van der Waals surface area contributed by atoms with E-state index in [1.165, 1.54) is 11.8 Å². The Labute approximate surface area is 185 Å². The Morgan fingerprint density at radius 3 is 2.55 bits per heavy atom. The Bertz CT molecular complexity index is 1180. The predicted octanol–water partition coefficient (Wildman–Crippen LogP) is 5.32. The molecule has 0 aliphatic heterocycles. The quantitative estimate of drug-likeness (QED) is 0.382. The van der Waals surface area contributed by atoms with E-state index in [9.17, 15) is 4.79 Å². The van der Waals surface area contributed by atoms with Crippen LogP contribution in [0.3, 0.4) is 0 Å². The highest BCUT2D eigenvalue weighted by Crippen LogP contribution is 2.25. The first kappa shape index (κ1) is 20.9. The number of nitrogens with one attached hydrogen (secondary N) is 1. The van der Waals surface area contributed by atoms with Gasteiger partial charge in [0.05, 0.1) is 5.75 Å². The van der Waals surface area contributed by atoms with Crippen molar-refractivity contribution in [2.45, 2.75) is 31.7 Å². The third-order valence-electron chi connectivity index (χ3n) is 4.85. The molecule has 1 atom stereocenters. The molecule has 4 aromatic rings. The van der Waals surface area contributed by atoms with Crippen LogP contribution in [-0.2, 0) is 11.3 Å². The molecule has 4 rings (SSSR count). The number of hydrogen-bond donors (Lipinski definition) is 1. The molecule has 1 aromatic heterocycles. The highest BCUT2D eigenvalue weighted by Gasteiger charge is 2.19. The number of benzene rings is 3. The molecule has 0 saturated carbocycles. The molecular formula is C24H24N4O2S. The molecule has 1 heterocycles. The van der Waals surface area contributed by atoms with Gasteiger partial charge in [0, 0.05) is 12.2 Å². The fraction of sp³-hybridized carbons (Fsp3) is 0.208. The van der Waals surface area contributed by atoms with Crippen LogP contribution in [0.4, 0.5) is 5.69 Å². The van der Waals surface area contributed by atoms with E-state index in [-0.39, 0.29) is 17.8 Å². The first-order valence-corrected chi connectivity index (χ1v) is 11.2. The SMILES string of the molecule is CCn1c(SCC(=O)Nc2ccc3ccccc3c2)nnc1[C@H](C)Oc1ccccc1. The molecule has 0 radical (unpaired) electrons. The standard InChI is InChI=1S/C24H24N4O2S/c1-3-28-23(17(2)30-21-11-5-4-6-12-21)26-27-24(28)31-16-22(29)25-20-14-13-18-9-7-8-10-19(18)15-20/h4-15,17H,3,16H2,1-2H3,(H,25,29)/t17-/m0/s1. The Morgan fingerprint density at radius 1 is 1.03 bits per heavy atom. The Morgan fingerprint density at radius 2 is 1.77 bits per heavy atom. The maximum Gasteiger partial charge on any atom is 0.234 e. The molecule has 0 bridgehead atoms. The van der Waals surface area contributed by atoms with E-state index in [0.717, 1.165) is 28.0 Å². The van der Waals surface area contributed by atoms with Gasteiger partial charge < -0.3 is 14.6 Å². The normalized spacial score (nSPS) is 11.9. The molecule has 0 aliphatic rings. The number of aromatic nitrogens is 3. The molecule has 0 saturated heterocycles. The number of hydrogen-bond acceptors (Lipinski definition) is 5. The lowest BCUT2D eigenvalue weighted by atomic mass is 10.1. The Hall–Kier alpha value is -3.32. The van der Waals surface area contributed by atoms with Crippen molar-refractivity contribution in [1.29, 1.82) is 0 Å². The first-order chi connectivity index (χ1) is 15.1. The largest absolute Gasteiger partial charge is 0.483 e. The first-order valence-electron chi connectivity index (χ1n) is 10.2. The van der Waals surface area contributed by atoms with E-state index in [0.29, 0.717) is 11.7 Å². The summed E-state index contributed by atoms with van der Waals surface area (Å²) in [5.74, 6) is 1.69. The third kappa shape index (κ3) is 5.06. The third-order valence-corrected chi connectivity index (χ3v) is 5.81. The van der Waals surface area contributed by atoms with Crippen molar-refractivity contribution < 1.29 is 9.53 Å². The monoisotopic (exact) mass is 432 g/mol. The van der Waals surface area contributed by atoms with Gasteiger partial charge in [0.2, 0.25) is 5.91 Å². The van der Waals surface area contributed by atoms with Gasteiger partial charge in [-0.1, -0.05) is 60.3 Å². The highest BCUT2D eigenvalue weighted by atomic mass is 32.2. The van der Waals surface area contributed by atoms with E-state index >= 15 is 0 Å². The van der Waals surface area contributed by atoms with E-state index in [4.69, 9.17) is 4.74 Å². The summed E-state index contributed by atoms with van der Waals surface area (Å²) < 4.78 is 7.97. The molecule has 0 fully saturated rings. The summed E-state index contributed by atoms with van der Waals surface area (Å²) in [6.07, 6.45) is -0.254. The summed E-state index contributed by atoms with van der Waals surface area (Å²) in [5, 5.41) is 14.5. The van der Waals surface area contributed by atoms with Gasteiger partial charge in [-0.15, -0.1) is 10.2 Å². The average molecular weight is 433 g/mol. The van der Waals surface area contributed by atoms with Crippen molar-refractivity contribution in [3.63, 3.8) is 0 Å². The number of nitrogens with zero attached hydrogens (tertiary/aromatic N) is 3. The number of carbonyl (C=O) groups excluding carboxylic acids is 1. The number of para-hydroxylation sites is 1. The topological polar surface area (TPSA) is 69.0 Å². The van der Waals surface area contributed by atoms with E-state index in [2.05, 4.69) is 21.6 Å². The fourth-order valence-corrected chi connectivity index (χ4v) is 4.16. The number of ether oxygens (including phenoxy) is 1. The zero-order valence-corrected chi connectivity index (χ0v) is 18.3. The van der Waals surface area contributed by atoms with Gasteiger partial charge in [-0.3, -0.25) is 4.79 Å². The minimum atomic E-state index is -0.254. The van der Waals surface area contributed by atoms with Crippen LogP contribution in [0.15, 0.2) is 78.0 Å². The van der Waals surface area contributed by atoms with Gasteiger partial charge in [0.25, 0.3) is 0 Å². The number of thioether (sulfide) groups is 1. The van der Waals surface area contributed by atoms with Gasteiger partial charge in [0.1, 0.15) is 5.75 Å². The van der Waals surface area contributed by atoms with Gasteiger partial charge in [-0.2, -0.15) is 0 Å². The Kier molecular flexibility index (Phi) is 6.52. The number of rotatable bonds is 8. The summed E-state index contributed by atoms with van der Waals surface area (Å²) in [6.45, 7) is 4.67. The van der Waals surface area contributed by atoms with Crippen LogP contribution in [0.5, 0.6) is 5.75 Å². The van der Waals surface area contributed by atoms with Crippen molar-refractivity contribution in [2.75, 3.05) is 11.1 Å². The van der Waals surface area contributed by atoms with Crippen LogP contribution in [0.1, 0.15) is 25.8 Å². The molecule has 0 aliphatic carbocycles. The number of amides is 1. The predicted molar refractivity (Wildman–Crippen MR) is 124 cm³/mol. The lowest BCUT2D eigenvalue weighted by Gasteiger charge is -2.15. The number of fused-ring (bicyclic) bond motifs is 1. The van der Waals surface area contributed by atoms with Crippen LogP contribution in [-0.4, -0.2) is 26.4 Å². The molecule has 1 amide bonds. The maximum atomic E-state index is 12.5. The van der Waals surface area contributed by atoms with Crippen molar-refractivity contribution in [2.24, 2.45) is 0 Å². The van der Waals surface area contributed by atoms with Crippen LogP contribution >= 0.6 is 11.8 Å². The van der Waals surface area contributed by atoms with E-state index in [1.54, 1.807) is 0 Å². The van der Waals surface area contributed by atoms with E-state index < -0.39 is 0 Å². The van der Waals surface area contributed by atoms with Crippen molar-refractivity contribution in [3.05, 3.63) is 78.6 Å². The number of anilines is 1. The summed E-state index contributed by atoms with van der Waals surface area (Å²) in [4.78, 5) is 12.5. The number of carbonyl (C=O) groups is 1. The minimum Gasteiger partial charge on any atom is -0.483 e. The minimum absolute atomic E-state index is 0.0823. The summed E-state index contributed by atoms with van der Waals surface area (Å²) in [7, 11) is 0. The van der Waals surface area contributed by atoms with Crippen molar-refractivity contribution in [1.82, 2.24) is 14.8 Å². The Balaban J connectivity index is 1.39.